The first-order chi connectivity index (χ1) is 12.4. The highest BCUT2D eigenvalue weighted by molar-refractivity contribution is 5.64. The lowest BCUT2D eigenvalue weighted by Gasteiger charge is -2.08. The van der Waals surface area contributed by atoms with Crippen molar-refractivity contribution in [2.75, 3.05) is 5.32 Å². The predicted octanol–water partition coefficient (Wildman–Crippen LogP) is 4.95. The Labute approximate surface area is 146 Å². The van der Waals surface area contributed by atoms with Gasteiger partial charge in [-0.15, -0.1) is 0 Å². The van der Waals surface area contributed by atoms with E-state index in [0.717, 1.165) is 34.3 Å². The van der Waals surface area contributed by atoms with Crippen molar-refractivity contribution in [3.05, 3.63) is 91.1 Å². The summed E-state index contributed by atoms with van der Waals surface area (Å²) in [4.78, 5) is 13.6. The molecule has 1 aromatic carbocycles. The molecule has 120 valence electrons. The molecule has 0 unspecified atom stereocenters. The second-order valence-electron chi connectivity index (χ2n) is 5.52. The van der Waals surface area contributed by atoms with Gasteiger partial charge in [-0.05, 0) is 36.4 Å². The highest BCUT2D eigenvalue weighted by atomic mass is 15.1. The highest BCUT2D eigenvalue weighted by Gasteiger charge is 2.04. The molecule has 0 radical (unpaired) electrons. The zero-order valence-corrected chi connectivity index (χ0v) is 13.5. The van der Waals surface area contributed by atoms with E-state index in [-0.39, 0.29) is 0 Å². The summed E-state index contributed by atoms with van der Waals surface area (Å²) in [6.45, 7) is 0. The number of nitrogens with one attached hydrogen (secondary N) is 1. The van der Waals surface area contributed by atoms with Gasteiger partial charge in [0.1, 0.15) is 11.6 Å². The summed E-state index contributed by atoms with van der Waals surface area (Å²) in [5.74, 6) is 1.49. The van der Waals surface area contributed by atoms with Crippen LogP contribution in [0.4, 0.5) is 11.6 Å². The number of nitrogens with zero attached hydrogens (tertiary/aromatic N) is 3. The molecular formula is C21H16N4. The molecule has 0 amide bonds. The molecule has 0 aliphatic heterocycles. The van der Waals surface area contributed by atoms with Crippen molar-refractivity contribution < 1.29 is 0 Å². The molecule has 0 bridgehead atoms. The maximum absolute atomic E-state index is 4.67. The van der Waals surface area contributed by atoms with Crippen molar-refractivity contribution in [3.63, 3.8) is 0 Å². The summed E-state index contributed by atoms with van der Waals surface area (Å²) in [5.41, 5.74) is 3.68. The lowest BCUT2D eigenvalue weighted by molar-refractivity contribution is 1.22. The summed E-state index contributed by atoms with van der Waals surface area (Å²) in [7, 11) is 0. The molecule has 0 fully saturated rings. The molecule has 0 saturated carbocycles. The van der Waals surface area contributed by atoms with E-state index in [9.17, 15) is 0 Å². The fraction of sp³-hybridized carbons (Fsp3) is 0. The molecule has 0 aliphatic carbocycles. The van der Waals surface area contributed by atoms with E-state index in [1.165, 1.54) is 0 Å². The number of benzene rings is 1. The normalized spacial score (nSPS) is 10.4. The third kappa shape index (κ3) is 3.53. The Morgan fingerprint density at radius 1 is 0.520 bits per heavy atom. The molecule has 4 nitrogen and oxygen atoms in total. The molecule has 3 heterocycles. The molecule has 0 aliphatic rings. The maximum Gasteiger partial charge on any atom is 0.132 e. The average Bonchev–Trinajstić information content (AvgIpc) is 2.70. The predicted molar refractivity (Wildman–Crippen MR) is 100 cm³/mol. The van der Waals surface area contributed by atoms with Crippen LogP contribution in [0.1, 0.15) is 0 Å². The molecular weight excluding hydrogens is 308 g/mol. The maximum atomic E-state index is 4.67. The molecule has 1 N–H and O–H groups in total. The topological polar surface area (TPSA) is 50.7 Å². The SMILES string of the molecule is c1ccc(-c2cccc(Nc3cccc(-c4ccccn4)n3)n2)cc1. The minimum Gasteiger partial charge on any atom is -0.325 e. The van der Waals surface area contributed by atoms with Gasteiger partial charge in [-0.1, -0.05) is 48.5 Å². The summed E-state index contributed by atoms with van der Waals surface area (Å²) in [6, 6.07) is 27.6. The summed E-state index contributed by atoms with van der Waals surface area (Å²) in [6.07, 6.45) is 1.77. The van der Waals surface area contributed by atoms with E-state index in [2.05, 4.69) is 20.3 Å². The molecule has 0 atom stereocenters. The van der Waals surface area contributed by atoms with Crippen molar-refractivity contribution in [1.82, 2.24) is 15.0 Å². The Bertz CT molecular complexity index is 888. The van der Waals surface area contributed by atoms with Crippen LogP contribution in [-0.4, -0.2) is 15.0 Å². The number of hydrogen-bond acceptors (Lipinski definition) is 4. The van der Waals surface area contributed by atoms with E-state index in [4.69, 9.17) is 0 Å². The van der Waals surface area contributed by atoms with Crippen molar-refractivity contribution in [1.29, 1.82) is 0 Å². The van der Waals surface area contributed by atoms with Crippen LogP contribution in [0.3, 0.4) is 0 Å². The minimum atomic E-state index is 0.737. The zero-order valence-electron chi connectivity index (χ0n) is 13.5. The monoisotopic (exact) mass is 324 g/mol. The second kappa shape index (κ2) is 6.93. The summed E-state index contributed by atoms with van der Waals surface area (Å²) in [5, 5.41) is 3.27. The zero-order chi connectivity index (χ0) is 16.9. The van der Waals surface area contributed by atoms with Gasteiger partial charge in [0, 0.05) is 11.8 Å². The van der Waals surface area contributed by atoms with Crippen molar-refractivity contribution in [2.45, 2.75) is 0 Å². The lowest BCUT2D eigenvalue weighted by Crippen LogP contribution is -1.98. The second-order valence-corrected chi connectivity index (χ2v) is 5.52. The molecule has 0 saturated heterocycles. The van der Waals surface area contributed by atoms with Gasteiger partial charge in [0.2, 0.25) is 0 Å². The Morgan fingerprint density at radius 2 is 1.16 bits per heavy atom. The summed E-state index contributed by atoms with van der Waals surface area (Å²) >= 11 is 0. The van der Waals surface area contributed by atoms with Gasteiger partial charge in [-0.25, -0.2) is 9.97 Å². The van der Waals surface area contributed by atoms with Crippen LogP contribution in [0.25, 0.3) is 22.6 Å². The number of aromatic nitrogens is 3. The van der Waals surface area contributed by atoms with Crippen LogP contribution in [0.15, 0.2) is 91.1 Å². The molecule has 25 heavy (non-hydrogen) atoms. The van der Waals surface area contributed by atoms with Crippen molar-refractivity contribution >= 4 is 11.6 Å². The van der Waals surface area contributed by atoms with E-state index in [1.807, 2.05) is 84.9 Å². The van der Waals surface area contributed by atoms with Gasteiger partial charge in [0.05, 0.1) is 17.1 Å². The van der Waals surface area contributed by atoms with E-state index in [1.54, 1.807) is 6.20 Å². The fourth-order valence-corrected chi connectivity index (χ4v) is 2.57. The van der Waals surface area contributed by atoms with Gasteiger partial charge in [0.15, 0.2) is 0 Å². The van der Waals surface area contributed by atoms with Gasteiger partial charge >= 0.3 is 0 Å². The standard InChI is InChI=1S/C21H16N4/c1-2-8-16(9-3-1)17-11-6-13-20(23-17)25-21-14-7-12-19(24-21)18-10-4-5-15-22-18/h1-15H,(H,23,24,25). The molecule has 4 heteroatoms. The molecule has 4 rings (SSSR count). The fourth-order valence-electron chi connectivity index (χ4n) is 2.57. The summed E-state index contributed by atoms with van der Waals surface area (Å²) < 4.78 is 0. The van der Waals surface area contributed by atoms with E-state index < -0.39 is 0 Å². The Hall–Kier alpha value is -3.53. The number of anilines is 2. The molecule has 4 aromatic rings. The van der Waals surface area contributed by atoms with Crippen LogP contribution in [0.5, 0.6) is 0 Å². The average molecular weight is 324 g/mol. The Kier molecular flexibility index (Phi) is 4.16. The Morgan fingerprint density at radius 3 is 1.88 bits per heavy atom. The molecule has 0 spiro atoms. The van der Waals surface area contributed by atoms with Crippen LogP contribution in [0, 0.1) is 0 Å². The van der Waals surface area contributed by atoms with Crippen LogP contribution < -0.4 is 5.32 Å². The number of rotatable bonds is 4. The Balaban J connectivity index is 1.61. The van der Waals surface area contributed by atoms with Crippen LogP contribution in [-0.2, 0) is 0 Å². The third-order valence-corrected chi connectivity index (χ3v) is 3.75. The lowest BCUT2D eigenvalue weighted by atomic mass is 10.1. The largest absolute Gasteiger partial charge is 0.325 e. The molecule has 3 aromatic heterocycles. The first-order valence-electron chi connectivity index (χ1n) is 8.06. The third-order valence-electron chi connectivity index (χ3n) is 3.75. The quantitative estimate of drug-likeness (QED) is 0.577. The van der Waals surface area contributed by atoms with E-state index >= 15 is 0 Å². The minimum absolute atomic E-state index is 0.737. The van der Waals surface area contributed by atoms with Gasteiger partial charge in [-0.2, -0.15) is 0 Å². The van der Waals surface area contributed by atoms with Crippen molar-refractivity contribution in [3.8, 4) is 22.6 Å². The highest BCUT2D eigenvalue weighted by Crippen LogP contribution is 2.21. The van der Waals surface area contributed by atoms with Gasteiger partial charge < -0.3 is 5.32 Å². The van der Waals surface area contributed by atoms with Crippen LogP contribution in [0.2, 0.25) is 0 Å². The smallest absolute Gasteiger partial charge is 0.132 e. The van der Waals surface area contributed by atoms with Gasteiger partial charge in [-0.3, -0.25) is 4.98 Å². The number of hydrogen-bond donors (Lipinski definition) is 1. The van der Waals surface area contributed by atoms with E-state index in [0.29, 0.717) is 0 Å². The van der Waals surface area contributed by atoms with Gasteiger partial charge in [0.25, 0.3) is 0 Å². The first-order valence-corrected chi connectivity index (χ1v) is 8.06. The van der Waals surface area contributed by atoms with Crippen molar-refractivity contribution in [2.24, 2.45) is 0 Å². The first kappa shape index (κ1) is 15.0. The number of pyridine rings is 3. The van der Waals surface area contributed by atoms with Crippen LogP contribution >= 0.6 is 0 Å².